The van der Waals surface area contributed by atoms with Crippen LogP contribution < -0.4 is 0 Å². The quantitative estimate of drug-likeness (QED) is 0.672. The number of hydrogen-bond acceptors (Lipinski definition) is 2. The maximum absolute atomic E-state index is 11.9. The molecule has 0 aromatic carbocycles. The Hall–Kier alpha value is -0.570. The first-order valence-corrected chi connectivity index (χ1v) is 5.67. The van der Waals surface area contributed by atoms with Crippen molar-refractivity contribution in [3.63, 3.8) is 0 Å². The molecule has 0 bridgehead atoms. The van der Waals surface area contributed by atoms with Gasteiger partial charge in [0.15, 0.2) is 0 Å². The molecule has 2 aliphatic rings. The minimum atomic E-state index is 0.114. The Morgan fingerprint density at radius 2 is 2.29 bits per heavy atom. The van der Waals surface area contributed by atoms with Crippen molar-refractivity contribution >= 4 is 5.91 Å². The van der Waals surface area contributed by atoms with Crippen LogP contribution in [0.5, 0.6) is 0 Å². The third-order valence-corrected chi connectivity index (χ3v) is 3.21. The van der Waals surface area contributed by atoms with Gasteiger partial charge >= 0.3 is 0 Å². The Labute approximate surface area is 85.4 Å². The number of rotatable bonds is 2. The fourth-order valence-electron chi connectivity index (χ4n) is 2.20. The van der Waals surface area contributed by atoms with Gasteiger partial charge < -0.3 is 9.64 Å². The zero-order chi connectivity index (χ0) is 10.0. The normalized spacial score (nSPS) is 24.8. The van der Waals surface area contributed by atoms with Crippen LogP contribution in [0.3, 0.4) is 0 Å². The van der Waals surface area contributed by atoms with Crippen LogP contribution in [0.2, 0.25) is 0 Å². The average Bonchev–Trinajstić information content (AvgIpc) is 2.95. The number of amides is 1. The van der Waals surface area contributed by atoms with Crippen LogP contribution >= 0.6 is 0 Å². The van der Waals surface area contributed by atoms with Gasteiger partial charge in [0.2, 0.25) is 5.91 Å². The summed E-state index contributed by atoms with van der Waals surface area (Å²) in [6.45, 7) is 4.55. The fourth-order valence-corrected chi connectivity index (χ4v) is 2.20. The smallest absolute Gasteiger partial charge is 0.223 e. The van der Waals surface area contributed by atoms with E-state index in [0.29, 0.717) is 12.3 Å². The molecule has 1 amide bonds. The van der Waals surface area contributed by atoms with Gasteiger partial charge in [-0.05, 0) is 25.7 Å². The molecular weight excluding hydrogens is 178 g/mol. The number of hydrogen-bond donors (Lipinski definition) is 0. The van der Waals surface area contributed by atoms with Crippen molar-refractivity contribution in [1.29, 1.82) is 0 Å². The summed E-state index contributed by atoms with van der Waals surface area (Å²) in [5.74, 6) is 0.329. The first-order valence-electron chi connectivity index (χ1n) is 5.67. The maximum Gasteiger partial charge on any atom is 0.223 e. The van der Waals surface area contributed by atoms with Gasteiger partial charge in [-0.1, -0.05) is 6.92 Å². The van der Waals surface area contributed by atoms with Gasteiger partial charge in [-0.25, -0.2) is 0 Å². The molecule has 3 heteroatoms. The van der Waals surface area contributed by atoms with E-state index in [0.717, 1.165) is 45.4 Å². The van der Waals surface area contributed by atoms with Gasteiger partial charge in [0.1, 0.15) is 0 Å². The third-order valence-electron chi connectivity index (χ3n) is 3.21. The largest absolute Gasteiger partial charge is 0.379 e. The molecule has 1 aliphatic heterocycles. The van der Waals surface area contributed by atoms with E-state index in [-0.39, 0.29) is 5.54 Å². The molecule has 0 radical (unpaired) electrons. The van der Waals surface area contributed by atoms with Crippen LogP contribution in [-0.4, -0.2) is 36.1 Å². The Kier molecular flexibility index (Phi) is 2.77. The number of nitrogens with zero attached hydrogens (tertiary/aromatic N) is 1. The van der Waals surface area contributed by atoms with Gasteiger partial charge in [0.05, 0.1) is 12.1 Å². The molecule has 3 nitrogen and oxygen atoms in total. The van der Waals surface area contributed by atoms with E-state index in [1.165, 1.54) is 0 Å². The summed E-state index contributed by atoms with van der Waals surface area (Å²) in [4.78, 5) is 14.0. The minimum Gasteiger partial charge on any atom is -0.379 e. The highest BCUT2D eigenvalue weighted by Gasteiger charge is 2.50. The second kappa shape index (κ2) is 3.89. The summed E-state index contributed by atoms with van der Waals surface area (Å²) in [5.41, 5.74) is 0.114. The molecule has 0 atom stereocenters. The van der Waals surface area contributed by atoms with Gasteiger partial charge in [-0.3, -0.25) is 4.79 Å². The van der Waals surface area contributed by atoms with Crippen molar-refractivity contribution in [2.75, 3.05) is 19.8 Å². The van der Waals surface area contributed by atoms with Gasteiger partial charge in [0.25, 0.3) is 0 Å². The maximum atomic E-state index is 11.9. The number of carbonyl (C=O) groups excluding carboxylic acids is 1. The van der Waals surface area contributed by atoms with Crippen molar-refractivity contribution in [3.05, 3.63) is 0 Å². The molecule has 1 saturated carbocycles. The molecule has 1 aliphatic carbocycles. The van der Waals surface area contributed by atoms with Crippen molar-refractivity contribution < 1.29 is 9.53 Å². The SMILES string of the molecule is CCCC(=O)N1CCCOCC12CC2. The highest BCUT2D eigenvalue weighted by Crippen LogP contribution is 2.43. The van der Waals surface area contributed by atoms with E-state index in [2.05, 4.69) is 11.8 Å². The zero-order valence-electron chi connectivity index (χ0n) is 8.92. The van der Waals surface area contributed by atoms with Gasteiger partial charge in [-0.15, -0.1) is 0 Å². The monoisotopic (exact) mass is 197 g/mol. The predicted octanol–water partition coefficient (Wildman–Crippen LogP) is 1.57. The predicted molar refractivity (Wildman–Crippen MR) is 54.0 cm³/mol. The lowest BCUT2D eigenvalue weighted by atomic mass is 10.2. The van der Waals surface area contributed by atoms with Crippen LogP contribution in [0, 0.1) is 0 Å². The fraction of sp³-hybridized carbons (Fsp3) is 0.909. The van der Waals surface area contributed by atoms with Gasteiger partial charge in [0, 0.05) is 19.6 Å². The molecule has 2 fully saturated rings. The highest BCUT2D eigenvalue weighted by molar-refractivity contribution is 5.77. The third kappa shape index (κ3) is 1.78. The summed E-state index contributed by atoms with van der Waals surface area (Å²) in [7, 11) is 0. The van der Waals surface area contributed by atoms with Crippen LogP contribution in [0.4, 0.5) is 0 Å². The molecule has 0 aromatic heterocycles. The van der Waals surface area contributed by atoms with E-state index in [4.69, 9.17) is 4.74 Å². The average molecular weight is 197 g/mol. The van der Waals surface area contributed by atoms with Crippen molar-refractivity contribution in [2.24, 2.45) is 0 Å². The minimum absolute atomic E-state index is 0.114. The van der Waals surface area contributed by atoms with E-state index in [9.17, 15) is 4.79 Å². The molecule has 0 N–H and O–H groups in total. The molecule has 1 heterocycles. The van der Waals surface area contributed by atoms with Crippen molar-refractivity contribution in [1.82, 2.24) is 4.90 Å². The van der Waals surface area contributed by atoms with Gasteiger partial charge in [-0.2, -0.15) is 0 Å². The van der Waals surface area contributed by atoms with E-state index in [1.807, 2.05) is 0 Å². The summed E-state index contributed by atoms with van der Waals surface area (Å²) >= 11 is 0. The number of carbonyl (C=O) groups is 1. The Bertz CT molecular complexity index is 223. The summed E-state index contributed by atoms with van der Waals surface area (Å²) in [6.07, 6.45) is 4.93. The topological polar surface area (TPSA) is 29.5 Å². The molecule has 1 saturated heterocycles. The van der Waals surface area contributed by atoms with E-state index < -0.39 is 0 Å². The first-order chi connectivity index (χ1) is 6.78. The molecule has 2 rings (SSSR count). The number of ether oxygens (including phenoxy) is 1. The highest BCUT2D eigenvalue weighted by atomic mass is 16.5. The lowest BCUT2D eigenvalue weighted by molar-refractivity contribution is -0.134. The first kappa shape index (κ1) is 9.97. The van der Waals surface area contributed by atoms with Crippen LogP contribution in [0.1, 0.15) is 39.0 Å². The summed E-state index contributed by atoms with van der Waals surface area (Å²) in [6, 6.07) is 0. The second-order valence-corrected chi connectivity index (χ2v) is 4.43. The van der Waals surface area contributed by atoms with Crippen LogP contribution in [0.25, 0.3) is 0 Å². The molecular formula is C11H19NO2. The zero-order valence-corrected chi connectivity index (χ0v) is 8.92. The molecule has 0 aromatic rings. The molecule has 80 valence electrons. The lowest BCUT2D eigenvalue weighted by Gasteiger charge is -2.29. The van der Waals surface area contributed by atoms with Crippen molar-refractivity contribution in [3.8, 4) is 0 Å². The Morgan fingerprint density at radius 1 is 1.50 bits per heavy atom. The van der Waals surface area contributed by atoms with Crippen LogP contribution in [-0.2, 0) is 9.53 Å². The molecule has 0 unspecified atom stereocenters. The Morgan fingerprint density at radius 3 is 2.93 bits per heavy atom. The Balaban J connectivity index is 2.02. The van der Waals surface area contributed by atoms with Crippen molar-refractivity contribution in [2.45, 2.75) is 44.6 Å². The molecule has 1 spiro atoms. The molecule has 14 heavy (non-hydrogen) atoms. The summed E-state index contributed by atoms with van der Waals surface area (Å²) in [5, 5.41) is 0. The summed E-state index contributed by atoms with van der Waals surface area (Å²) < 4.78 is 5.54. The van der Waals surface area contributed by atoms with E-state index >= 15 is 0 Å². The van der Waals surface area contributed by atoms with E-state index in [1.54, 1.807) is 0 Å². The second-order valence-electron chi connectivity index (χ2n) is 4.43. The van der Waals surface area contributed by atoms with Crippen LogP contribution in [0.15, 0.2) is 0 Å². The standard InChI is InChI=1S/C11H19NO2/c1-2-4-10(13)12-7-3-8-14-9-11(12)5-6-11/h2-9H2,1H3. The lowest BCUT2D eigenvalue weighted by Crippen LogP contribution is -2.43.